The number of rotatable bonds is 3. The Bertz CT molecular complexity index is 513. The lowest BCUT2D eigenvalue weighted by molar-refractivity contribution is -0.146. The molecule has 2 unspecified atom stereocenters. The smallest absolute Gasteiger partial charge is 0.309 e. The third kappa shape index (κ3) is 2.93. The van der Waals surface area contributed by atoms with Crippen LogP contribution in [-0.4, -0.2) is 18.9 Å². The summed E-state index contributed by atoms with van der Waals surface area (Å²) in [7, 11) is 1.35. The summed E-state index contributed by atoms with van der Waals surface area (Å²) in [6, 6.07) is 4.79. The van der Waals surface area contributed by atoms with Gasteiger partial charge in [0.1, 0.15) is 0 Å². The van der Waals surface area contributed by atoms with Crippen LogP contribution in [-0.2, 0) is 9.53 Å². The molecular formula is C14H14Cl2O3. The first-order valence-corrected chi connectivity index (χ1v) is 6.87. The van der Waals surface area contributed by atoms with Gasteiger partial charge in [0.25, 0.3) is 0 Å². The summed E-state index contributed by atoms with van der Waals surface area (Å²) in [6.07, 6.45) is 2.26. The van der Waals surface area contributed by atoms with Gasteiger partial charge in [-0.3, -0.25) is 9.59 Å². The van der Waals surface area contributed by atoms with Gasteiger partial charge in [-0.15, -0.1) is 0 Å². The fourth-order valence-electron chi connectivity index (χ4n) is 2.57. The number of carbonyl (C=O) groups excluding carboxylic acids is 2. The fourth-order valence-corrected chi connectivity index (χ4v) is 2.87. The number of hydrogen-bond acceptors (Lipinski definition) is 3. The van der Waals surface area contributed by atoms with E-state index in [0.717, 1.165) is 6.42 Å². The lowest BCUT2D eigenvalue weighted by atomic mass is 9.88. The van der Waals surface area contributed by atoms with E-state index in [1.54, 1.807) is 18.2 Å². The molecule has 19 heavy (non-hydrogen) atoms. The van der Waals surface area contributed by atoms with Crippen molar-refractivity contribution >= 4 is 35.0 Å². The third-order valence-corrected chi connectivity index (χ3v) is 4.30. The van der Waals surface area contributed by atoms with E-state index >= 15 is 0 Å². The van der Waals surface area contributed by atoms with Crippen LogP contribution in [0.25, 0.3) is 0 Å². The quantitative estimate of drug-likeness (QED) is 0.630. The minimum atomic E-state index is -0.341. The number of Topliss-reactive ketones (excluding diaryl/α,β-unsaturated/α-hetero) is 1. The molecule has 0 saturated heterocycles. The average molecular weight is 301 g/mol. The van der Waals surface area contributed by atoms with Crippen LogP contribution in [0, 0.1) is 11.8 Å². The van der Waals surface area contributed by atoms with Crippen molar-refractivity contribution in [2.24, 2.45) is 11.8 Å². The van der Waals surface area contributed by atoms with E-state index in [0.29, 0.717) is 28.5 Å². The first kappa shape index (κ1) is 14.4. The number of carbonyl (C=O) groups is 2. The number of benzene rings is 1. The van der Waals surface area contributed by atoms with Crippen molar-refractivity contribution in [1.29, 1.82) is 0 Å². The second kappa shape index (κ2) is 5.93. The Morgan fingerprint density at radius 2 is 1.84 bits per heavy atom. The van der Waals surface area contributed by atoms with Crippen LogP contribution in [0.15, 0.2) is 18.2 Å². The van der Waals surface area contributed by atoms with Crippen LogP contribution < -0.4 is 0 Å². The molecule has 0 bridgehead atoms. The van der Waals surface area contributed by atoms with Crippen molar-refractivity contribution in [3.8, 4) is 0 Å². The van der Waals surface area contributed by atoms with Gasteiger partial charge in [-0.05, 0) is 31.0 Å². The standard InChI is InChI=1S/C14H14Cl2O3/c1-19-14(18)10-4-2-3-9(10)13(17)8-5-6-11(15)12(16)7-8/h5-7,9-10H,2-4H2,1H3. The van der Waals surface area contributed by atoms with E-state index in [4.69, 9.17) is 27.9 Å². The second-order valence-electron chi connectivity index (χ2n) is 4.66. The Hall–Kier alpha value is -1.06. The van der Waals surface area contributed by atoms with Crippen LogP contribution in [0.4, 0.5) is 0 Å². The van der Waals surface area contributed by atoms with E-state index in [1.165, 1.54) is 7.11 Å². The third-order valence-electron chi connectivity index (χ3n) is 3.56. The normalized spacial score (nSPS) is 22.3. The van der Waals surface area contributed by atoms with Crippen LogP contribution in [0.2, 0.25) is 10.0 Å². The van der Waals surface area contributed by atoms with Gasteiger partial charge in [0, 0.05) is 11.5 Å². The molecule has 1 saturated carbocycles. The Morgan fingerprint density at radius 1 is 1.16 bits per heavy atom. The Morgan fingerprint density at radius 3 is 2.47 bits per heavy atom. The highest BCUT2D eigenvalue weighted by atomic mass is 35.5. The first-order valence-electron chi connectivity index (χ1n) is 6.11. The minimum Gasteiger partial charge on any atom is -0.469 e. The molecule has 0 aromatic heterocycles. The molecule has 0 aliphatic heterocycles. The van der Waals surface area contributed by atoms with E-state index in [-0.39, 0.29) is 23.6 Å². The molecule has 5 heteroatoms. The maximum absolute atomic E-state index is 12.4. The van der Waals surface area contributed by atoms with E-state index in [1.807, 2.05) is 0 Å². The largest absolute Gasteiger partial charge is 0.469 e. The van der Waals surface area contributed by atoms with Crippen molar-refractivity contribution in [3.63, 3.8) is 0 Å². The number of ketones is 1. The van der Waals surface area contributed by atoms with Gasteiger partial charge >= 0.3 is 5.97 Å². The molecule has 0 spiro atoms. The van der Waals surface area contributed by atoms with Gasteiger partial charge in [-0.2, -0.15) is 0 Å². The molecular weight excluding hydrogens is 287 g/mol. The molecule has 1 fully saturated rings. The average Bonchev–Trinajstić information content (AvgIpc) is 2.89. The summed E-state index contributed by atoms with van der Waals surface area (Å²) in [5.74, 6) is -1.03. The maximum atomic E-state index is 12.4. The Labute approximate surface area is 121 Å². The predicted octanol–water partition coefficient (Wildman–Crippen LogP) is 3.77. The topological polar surface area (TPSA) is 43.4 Å². The lowest BCUT2D eigenvalue weighted by Crippen LogP contribution is -2.26. The molecule has 0 N–H and O–H groups in total. The van der Waals surface area contributed by atoms with Gasteiger partial charge in [-0.25, -0.2) is 0 Å². The highest BCUT2D eigenvalue weighted by Gasteiger charge is 2.38. The first-order chi connectivity index (χ1) is 9.04. The van der Waals surface area contributed by atoms with Gasteiger partial charge in [0.15, 0.2) is 5.78 Å². The number of ether oxygens (including phenoxy) is 1. The molecule has 2 atom stereocenters. The molecule has 1 aliphatic rings. The molecule has 102 valence electrons. The van der Waals surface area contributed by atoms with Crippen LogP contribution >= 0.6 is 23.2 Å². The Kier molecular flexibility index (Phi) is 4.48. The van der Waals surface area contributed by atoms with Crippen molar-refractivity contribution < 1.29 is 14.3 Å². The molecule has 0 heterocycles. The van der Waals surface area contributed by atoms with E-state index in [2.05, 4.69) is 0 Å². The fraction of sp³-hybridized carbons (Fsp3) is 0.429. The molecule has 1 aliphatic carbocycles. The highest BCUT2D eigenvalue weighted by Crippen LogP contribution is 2.35. The van der Waals surface area contributed by atoms with Crippen molar-refractivity contribution in [2.75, 3.05) is 7.11 Å². The lowest BCUT2D eigenvalue weighted by Gasteiger charge is -2.16. The SMILES string of the molecule is COC(=O)C1CCCC1C(=O)c1ccc(Cl)c(Cl)c1. The predicted molar refractivity (Wildman–Crippen MR) is 73.6 cm³/mol. The number of hydrogen-bond donors (Lipinski definition) is 0. The summed E-state index contributed by atoms with van der Waals surface area (Å²) in [4.78, 5) is 24.1. The van der Waals surface area contributed by atoms with Gasteiger partial charge in [0.05, 0.1) is 23.1 Å². The number of halogens is 2. The minimum absolute atomic E-state index is 0.0635. The Balaban J connectivity index is 2.23. The van der Waals surface area contributed by atoms with Gasteiger partial charge in [0.2, 0.25) is 0 Å². The molecule has 2 rings (SSSR count). The second-order valence-corrected chi connectivity index (χ2v) is 5.47. The summed E-state index contributed by atoms with van der Waals surface area (Å²) in [6.45, 7) is 0. The van der Waals surface area contributed by atoms with Crippen molar-refractivity contribution in [1.82, 2.24) is 0 Å². The molecule has 1 aromatic carbocycles. The molecule has 1 aromatic rings. The highest BCUT2D eigenvalue weighted by molar-refractivity contribution is 6.42. The maximum Gasteiger partial charge on any atom is 0.309 e. The van der Waals surface area contributed by atoms with Crippen molar-refractivity contribution in [2.45, 2.75) is 19.3 Å². The van der Waals surface area contributed by atoms with E-state index < -0.39 is 0 Å². The van der Waals surface area contributed by atoms with Crippen LogP contribution in [0.3, 0.4) is 0 Å². The van der Waals surface area contributed by atoms with Crippen molar-refractivity contribution in [3.05, 3.63) is 33.8 Å². The van der Waals surface area contributed by atoms with Crippen LogP contribution in [0.1, 0.15) is 29.6 Å². The van der Waals surface area contributed by atoms with Gasteiger partial charge in [-0.1, -0.05) is 29.6 Å². The zero-order chi connectivity index (χ0) is 14.0. The summed E-state index contributed by atoms with van der Waals surface area (Å²) in [5.41, 5.74) is 0.496. The summed E-state index contributed by atoms with van der Waals surface area (Å²) >= 11 is 11.7. The number of methoxy groups -OCH3 is 1. The summed E-state index contributed by atoms with van der Waals surface area (Å²) in [5, 5.41) is 0.759. The van der Waals surface area contributed by atoms with Crippen LogP contribution in [0.5, 0.6) is 0 Å². The zero-order valence-corrected chi connectivity index (χ0v) is 12.0. The monoisotopic (exact) mass is 300 g/mol. The van der Waals surface area contributed by atoms with Gasteiger partial charge < -0.3 is 4.74 Å². The van der Waals surface area contributed by atoms with E-state index in [9.17, 15) is 9.59 Å². The number of esters is 1. The zero-order valence-electron chi connectivity index (χ0n) is 10.5. The molecule has 0 amide bonds. The summed E-state index contributed by atoms with van der Waals surface area (Å²) < 4.78 is 4.75. The molecule has 3 nitrogen and oxygen atoms in total. The molecule has 0 radical (unpaired) electrons.